The molecule has 2 rings (SSSR count). The summed E-state index contributed by atoms with van der Waals surface area (Å²) >= 11 is 0. The molecule has 0 saturated heterocycles. The first kappa shape index (κ1) is 23.1. The molecule has 2 aromatic carbocycles. The first-order valence-electron chi connectivity index (χ1n) is 8.90. The van der Waals surface area contributed by atoms with Crippen molar-refractivity contribution in [3.05, 3.63) is 59.7 Å². The van der Waals surface area contributed by atoms with Crippen molar-refractivity contribution in [2.24, 2.45) is 10.9 Å². The number of hydrogen-bond donors (Lipinski definition) is 2. The fraction of sp³-hybridized carbons (Fsp3) is 0.381. The van der Waals surface area contributed by atoms with Crippen molar-refractivity contribution in [1.29, 1.82) is 0 Å². The highest BCUT2D eigenvalue weighted by molar-refractivity contribution is 14.0. The third kappa shape index (κ3) is 8.07. The van der Waals surface area contributed by atoms with Gasteiger partial charge in [0.15, 0.2) is 17.5 Å². The van der Waals surface area contributed by atoms with Crippen LogP contribution in [0.2, 0.25) is 0 Å². The van der Waals surface area contributed by atoms with Crippen molar-refractivity contribution in [2.45, 2.75) is 27.0 Å². The van der Waals surface area contributed by atoms with Gasteiger partial charge in [-0.05, 0) is 29.2 Å². The van der Waals surface area contributed by atoms with Crippen molar-refractivity contribution in [3.63, 3.8) is 0 Å². The number of nitrogens with zero attached hydrogens (tertiary/aromatic N) is 1. The third-order valence-electron chi connectivity index (χ3n) is 3.83. The van der Waals surface area contributed by atoms with Crippen LogP contribution in [0.25, 0.3) is 0 Å². The van der Waals surface area contributed by atoms with E-state index in [0.717, 1.165) is 35.1 Å². The van der Waals surface area contributed by atoms with E-state index in [0.29, 0.717) is 19.1 Å². The van der Waals surface area contributed by atoms with E-state index in [1.54, 1.807) is 14.2 Å². The zero-order chi connectivity index (χ0) is 18.8. The summed E-state index contributed by atoms with van der Waals surface area (Å²) in [5.41, 5.74) is 2.22. The van der Waals surface area contributed by atoms with Gasteiger partial charge in [-0.15, -0.1) is 24.0 Å². The lowest BCUT2D eigenvalue weighted by Gasteiger charge is -2.15. The Morgan fingerprint density at radius 3 is 2.37 bits per heavy atom. The van der Waals surface area contributed by atoms with Gasteiger partial charge in [0.25, 0.3) is 0 Å². The number of halogens is 1. The predicted molar refractivity (Wildman–Crippen MR) is 122 cm³/mol. The number of rotatable bonds is 8. The molecule has 0 aliphatic carbocycles. The molecule has 27 heavy (non-hydrogen) atoms. The molecule has 0 fully saturated rings. The highest BCUT2D eigenvalue weighted by atomic mass is 127. The Morgan fingerprint density at radius 2 is 1.74 bits per heavy atom. The normalized spacial score (nSPS) is 10.9. The molecule has 0 unspecified atom stereocenters. The van der Waals surface area contributed by atoms with Crippen LogP contribution in [-0.4, -0.2) is 26.7 Å². The second-order valence-electron chi connectivity index (χ2n) is 6.46. The van der Waals surface area contributed by atoms with Gasteiger partial charge in [-0.2, -0.15) is 0 Å². The van der Waals surface area contributed by atoms with Crippen molar-refractivity contribution in [2.75, 3.05) is 20.7 Å². The molecule has 0 bridgehead atoms. The molecule has 0 atom stereocenters. The Morgan fingerprint density at radius 1 is 1.00 bits per heavy atom. The maximum absolute atomic E-state index is 5.90. The first-order valence-corrected chi connectivity index (χ1v) is 8.90. The number of methoxy groups -OCH3 is 1. The summed E-state index contributed by atoms with van der Waals surface area (Å²) in [6, 6.07) is 16.1. The maximum atomic E-state index is 5.90. The Kier molecular flexibility index (Phi) is 10.6. The van der Waals surface area contributed by atoms with Crippen LogP contribution in [0.4, 0.5) is 0 Å². The number of nitrogens with one attached hydrogen (secondary N) is 2. The third-order valence-corrected chi connectivity index (χ3v) is 3.83. The van der Waals surface area contributed by atoms with E-state index < -0.39 is 0 Å². The summed E-state index contributed by atoms with van der Waals surface area (Å²) in [6.07, 6.45) is 0. The Bertz CT molecular complexity index is 706. The lowest BCUT2D eigenvalue weighted by Crippen LogP contribution is -2.38. The van der Waals surface area contributed by atoms with Crippen LogP contribution in [0.3, 0.4) is 0 Å². The summed E-state index contributed by atoms with van der Waals surface area (Å²) in [6.45, 7) is 6.39. The summed E-state index contributed by atoms with van der Waals surface area (Å²) in [5, 5.41) is 6.61. The molecule has 0 radical (unpaired) electrons. The van der Waals surface area contributed by atoms with Gasteiger partial charge in [-0.25, -0.2) is 0 Å². The molecule has 0 saturated carbocycles. The van der Waals surface area contributed by atoms with Crippen LogP contribution in [0.1, 0.15) is 25.0 Å². The van der Waals surface area contributed by atoms with Crippen LogP contribution < -0.4 is 20.1 Å². The van der Waals surface area contributed by atoms with Crippen molar-refractivity contribution >= 4 is 29.9 Å². The predicted octanol–water partition coefficient (Wildman–Crippen LogP) is 4.21. The van der Waals surface area contributed by atoms with Gasteiger partial charge in [0.2, 0.25) is 0 Å². The molecule has 2 N–H and O–H groups in total. The zero-order valence-electron chi connectivity index (χ0n) is 16.5. The molecule has 148 valence electrons. The summed E-state index contributed by atoms with van der Waals surface area (Å²) in [4.78, 5) is 4.24. The van der Waals surface area contributed by atoms with Crippen molar-refractivity contribution in [3.8, 4) is 11.5 Å². The molecule has 0 aliphatic rings. The van der Waals surface area contributed by atoms with Gasteiger partial charge in [0, 0.05) is 20.1 Å². The average molecular weight is 483 g/mol. The number of guanidine groups is 1. The van der Waals surface area contributed by atoms with E-state index in [2.05, 4.69) is 29.5 Å². The first-order chi connectivity index (χ1) is 12.6. The van der Waals surface area contributed by atoms with Crippen molar-refractivity contribution < 1.29 is 9.47 Å². The van der Waals surface area contributed by atoms with E-state index in [1.165, 1.54) is 0 Å². The largest absolute Gasteiger partial charge is 0.493 e. The van der Waals surface area contributed by atoms with E-state index in [4.69, 9.17) is 9.47 Å². The molecule has 0 aliphatic heterocycles. The minimum Gasteiger partial charge on any atom is -0.493 e. The van der Waals surface area contributed by atoms with Gasteiger partial charge >= 0.3 is 0 Å². The Balaban J connectivity index is 0.00000364. The van der Waals surface area contributed by atoms with E-state index in [1.807, 2.05) is 48.5 Å². The second-order valence-corrected chi connectivity index (χ2v) is 6.46. The fourth-order valence-corrected chi connectivity index (χ4v) is 2.38. The topological polar surface area (TPSA) is 54.9 Å². The maximum Gasteiger partial charge on any atom is 0.191 e. The number of hydrogen-bond acceptors (Lipinski definition) is 3. The molecular weight excluding hydrogens is 453 g/mol. The van der Waals surface area contributed by atoms with Gasteiger partial charge in [-0.1, -0.05) is 50.2 Å². The molecule has 6 heteroatoms. The SMILES string of the molecule is CN=C(NCc1ccc(OCc2ccccc2)c(OC)c1)NCC(C)C.I. The van der Waals surface area contributed by atoms with Gasteiger partial charge in [-0.3, -0.25) is 4.99 Å². The van der Waals surface area contributed by atoms with Crippen LogP contribution in [0, 0.1) is 5.92 Å². The minimum absolute atomic E-state index is 0. The second kappa shape index (κ2) is 12.4. The average Bonchev–Trinajstić information content (AvgIpc) is 2.67. The minimum atomic E-state index is 0. The lowest BCUT2D eigenvalue weighted by molar-refractivity contribution is 0.284. The Hall–Kier alpha value is -1.96. The van der Waals surface area contributed by atoms with Gasteiger partial charge in [0.05, 0.1) is 7.11 Å². The van der Waals surface area contributed by atoms with Crippen LogP contribution in [0.15, 0.2) is 53.5 Å². The molecule has 2 aromatic rings. The Labute approximate surface area is 179 Å². The van der Waals surface area contributed by atoms with Crippen LogP contribution in [0.5, 0.6) is 11.5 Å². The van der Waals surface area contributed by atoms with E-state index in [9.17, 15) is 0 Å². The van der Waals surface area contributed by atoms with Gasteiger partial charge in [0.1, 0.15) is 6.61 Å². The number of ether oxygens (including phenoxy) is 2. The van der Waals surface area contributed by atoms with Crippen LogP contribution in [-0.2, 0) is 13.2 Å². The summed E-state index contributed by atoms with van der Waals surface area (Å²) in [5.74, 6) is 2.82. The van der Waals surface area contributed by atoms with E-state index >= 15 is 0 Å². The molecule has 0 amide bonds. The molecule has 0 spiro atoms. The monoisotopic (exact) mass is 483 g/mol. The number of benzene rings is 2. The fourth-order valence-electron chi connectivity index (χ4n) is 2.38. The lowest BCUT2D eigenvalue weighted by atomic mass is 10.2. The zero-order valence-corrected chi connectivity index (χ0v) is 18.8. The molecule has 0 heterocycles. The molecular formula is C21H30IN3O2. The van der Waals surface area contributed by atoms with E-state index in [-0.39, 0.29) is 24.0 Å². The molecule has 0 aromatic heterocycles. The summed E-state index contributed by atoms with van der Waals surface area (Å²) in [7, 11) is 3.43. The quantitative estimate of drug-likeness (QED) is 0.336. The molecule has 5 nitrogen and oxygen atoms in total. The highest BCUT2D eigenvalue weighted by Gasteiger charge is 2.07. The highest BCUT2D eigenvalue weighted by Crippen LogP contribution is 2.28. The van der Waals surface area contributed by atoms with Crippen molar-refractivity contribution in [1.82, 2.24) is 10.6 Å². The smallest absolute Gasteiger partial charge is 0.191 e. The van der Waals surface area contributed by atoms with Crippen LogP contribution >= 0.6 is 24.0 Å². The summed E-state index contributed by atoms with van der Waals surface area (Å²) < 4.78 is 11.4. The van der Waals surface area contributed by atoms with Gasteiger partial charge < -0.3 is 20.1 Å². The standard InChI is InChI=1S/C21H29N3O2.HI/c1-16(2)13-23-21(22-3)24-14-18-10-11-19(20(12-18)25-4)26-15-17-8-6-5-7-9-17;/h5-12,16H,13-15H2,1-4H3,(H2,22,23,24);1H. The number of aliphatic imine (C=N–C) groups is 1.